The predicted octanol–water partition coefficient (Wildman–Crippen LogP) is 2.34. The van der Waals surface area contributed by atoms with Crippen molar-refractivity contribution in [2.75, 3.05) is 13.2 Å². The minimum absolute atomic E-state index is 0.205. The molecule has 1 N–H and O–H groups in total. The van der Waals surface area contributed by atoms with Crippen molar-refractivity contribution in [1.29, 1.82) is 0 Å². The summed E-state index contributed by atoms with van der Waals surface area (Å²) in [6.07, 6.45) is -0.977. The highest BCUT2D eigenvalue weighted by molar-refractivity contribution is 5.67. The smallest absolute Gasteiger partial charge is 0.407 e. The van der Waals surface area contributed by atoms with Gasteiger partial charge in [0.1, 0.15) is 30.0 Å². The summed E-state index contributed by atoms with van der Waals surface area (Å²) < 4.78 is 35.3. The molecule has 27 heavy (non-hydrogen) atoms. The molecule has 5 atom stereocenters. The lowest BCUT2D eigenvalue weighted by Gasteiger charge is -2.27. The predicted molar refractivity (Wildman–Crippen MR) is 96.2 cm³/mol. The molecule has 0 unspecified atom stereocenters. The largest absolute Gasteiger partial charge is 0.444 e. The van der Waals surface area contributed by atoms with E-state index in [0.29, 0.717) is 19.6 Å². The molecule has 8 heteroatoms. The lowest BCUT2D eigenvalue weighted by molar-refractivity contribution is -0.206. The second kappa shape index (κ2) is 7.15. The summed E-state index contributed by atoms with van der Waals surface area (Å²) in [5.41, 5.74) is -0.525. The van der Waals surface area contributed by atoms with E-state index in [9.17, 15) is 4.79 Å². The summed E-state index contributed by atoms with van der Waals surface area (Å²) in [6, 6.07) is 0. The van der Waals surface area contributed by atoms with Gasteiger partial charge in [-0.15, -0.1) is 0 Å². The molecular weight excluding hydrogens is 354 g/mol. The van der Waals surface area contributed by atoms with Gasteiger partial charge in [-0.05, 0) is 54.9 Å². The van der Waals surface area contributed by atoms with Crippen molar-refractivity contribution in [2.24, 2.45) is 0 Å². The van der Waals surface area contributed by atoms with E-state index in [0.717, 1.165) is 0 Å². The average Bonchev–Trinajstić information content (AvgIpc) is 3.08. The number of amides is 1. The summed E-state index contributed by atoms with van der Waals surface area (Å²) >= 11 is 0. The van der Waals surface area contributed by atoms with Crippen LogP contribution in [0.4, 0.5) is 4.79 Å². The van der Waals surface area contributed by atoms with Crippen LogP contribution in [0, 0.1) is 0 Å². The number of nitrogens with one attached hydrogen (secondary N) is 1. The zero-order valence-electron chi connectivity index (χ0n) is 17.4. The van der Waals surface area contributed by atoms with E-state index in [1.54, 1.807) is 0 Å². The highest BCUT2D eigenvalue weighted by Gasteiger charge is 2.58. The first-order chi connectivity index (χ1) is 12.4. The lowest BCUT2D eigenvalue weighted by atomic mass is 10.0. The summed E-state index contributed by atoms with van der Waals surface area (Å²) in [4.78, 5) is 11.8. The number of carbonyl (C=O) groups is 1. The highest BCUT2D eigenvalue weighted by atomic mass is 16.8. The molecule has 0 saturated carbocycles. The van der Waals surface area contributed by atoms with Crippen LogP contribution in [-0.2, 0) is 28.4 Å². The first-order valence-corrected chi connectivity index (χ1v) is 9.65. The summed E-state index contributed by atoms with van der Waals surface area (Å²) in [5, 5.41) is 2.77. The third-order valence-corrected chi connectivity index (χ3v) is 4.68. The van der Waals surface area contributed by atoms with E-state index in [2.05, 4.69) is 5.32 Å². The quantitative estimate of drug-likeness (QED) is 0.792. The molecule has 0 radical (unpaired) electrons. The molecule has 3 aliphatic heterocycles. The zero-order valence-corrected chi connectivity index (χ0v) is 17.4. The first-order valence-electron chi connectivity index (χ1n) is 9.65. The summed E-state index contributed by atoms with van der Waals surface area (Å²) in [5.74, 6) is -1.31. The van der Waals surface area contributed by atoms with Crippen molar-refractivity contribution >= 4 is 6.09 Å². The Bertz CT molecular complexity index is 557. The molecule has 3 saturated heterocycles. The molecule has 3 aliphatic rings. The number of hydrogen-bond donors (Lipinski definition) is 1. The van der Waals surface area contributed by atoms with Crippen molar-refractivity contribution in [3.05, 3.63) is 0 Å². The number of ether oxygens (including phenoxy) is 6. The topological polar surface area (TPSA) is 84.5 Å². The molecule has 0 spiro atoms. The second-order valence-corrected chi connectivity index (χ2v) is 9.29. The maximum absolute atomic E-state index is 11.8. The van der Waals surface area contributed by atoms with Crippen molar-refractivity contribution in [3.63, 3.8) is 0 Å². The Labute approximate surface area is 161 Å². The Balaban J connectivity index is 1.58. The van der Waals surface area contributed by atoms with Gasteiger partial charge in [-0.3, -0.25) is 0 Å². The fraction of sp³-hybridized carbons (Fsp3) is 0.947. The van der Waals surface area contributed by atoms with Crippen molar-refractivity contribution in [3.8, 4) is 0 Å². The van der Waals surface area contributed by atoms with E-state index < -0.39 is 23.3 Å². The first kappa shape index (κ1) is 20.8. The molecule has 156 valence electrons. The maximum atomic E-state index is 11.8. The Morgan fingerprint density at radius 3 is 2.30 bits per heavy atom. The Morgan fingerprint density at radius 1 is 1.04 bits per heavy atom. The highest BCUT2D eigenvalue weighted by Crippen LogP contribution is 2.42. The van der Waals surface area contributed by atoms with Crippen LogP contribution in [0.1, 0.15) is 54.9 Å². The van der Waals surface area contributed by atoms with Gasteiger partial charge in [-0.2, -0.15) is 0 Å². The molecule has 0 aromatic carbocycles. The van der Waals surface area contributed by atoms with Crippen molar-refractivity contribution in [1.82, 2.24) is 5.32 Å². The van der Waals surface area contributed by atoms with Gasteiger partial charge in [0.15, 0.2) is 11.6 Å². The van der Waals surface area contributed by atoms with Crippen molar-refractivity contribution in [2.45, 2.75) is 103 Å². The van der Waals surface area contributed by atoms with Crippen LogP contribution >= 0.6 is 0 Å². The molecule has 0 aromatic heterocycles. The van der Waals surface area contributed by atoms with Gasteiger partial charge in [0.05, 0.1) is 12.7 Å². The zero-order chi connectivity index (χ0) is 20.0. The van der Waals surface area contributed by atoms with Gasteiger partial charge in [0, 0.05) is 6.54 Å². The molecule has 3 rings (SSSR count). The number of carbonyl (C=O) groups excluding carboxylic acids is 1. The number of rotatable bonds is 4. The Morgan fingerprint density at radius 2 is 1.70 bits per heavy atom. The van der Waals surface area contributed by atoms with Gasteiger partial charge in [0.25, 0.3) is 0 Å². The van der Waals surface area contributed by atoms with Gasteiger partial charge in [-0.1, -0.05) is 0 Å². The summed E-state index contributed by atoms with van der Waals surface area (Å²) in [6.45, 7) is 13.9. The van der Waals surface area contributed by atoms with Gasteiger partial charge in [0.2, 0.25) is 0 Å². The van der Waals surface area contributed by atoms with Crippen LogP contribution in [0.2, 0.25) is 0 Å². The van der Waals surface area contributed by atoms with E-state index in [1.807, 2.05) is 48.5 Å². The number of alkyl carbamates (subject to hydrolysis) is 1. The van der Waals surface area contributed by atoms with Crippen LogP contribution in [0.5, 0.6) is 0 Å². The lowest BCUT2D eigenvalue weighted by Crippen LogP contribution is -2.40. The Kier molecular flexibility index (Phi) is 5.51. The van der Waals surface area contributed by atoms with Gasteiger partial charge >= 0.3 is 6.09 Å². The molecule has 0 bridgehead atoms. The van der Waals surface area contributed by atoms with E-state index >= 15 is 0 Å². The molecular formula is C19H33NO7. The van der Waals surface area contributed by atoms with Crippen LogP contribution in [-0.4, -0.2) is 66.9 Å². The number of hydrogen-bond acceptors (Lipinski definition) is 7. The normalized spacial score (nSPS) is 37.2. The van der Waals surface area contributed by atoms with Crippen LogP contribution < -0.4 is 5.32 Å². The van der Waals surface area contributed by atoms with Gasteiger partial charge in [-0.25, -0.2) is 4.79 Å². The Hall–Kier alpha value is -0.930. The SMILES string of the molecule is CC(C)(C)OC(=O)NCC[C@H]1O[C@H]([C@H]2COC(C)(C)O2)[C@@H]2OC(C)(C)O[C@@H]21. The minimum Gasteiger partial charge on any atom is -0.444 e. The van der Waals surface area contributed by atoms with Gasteiger partial charge < -0.3 is 33.7 Å². The van der Waals surface area contributed by atoms with E-state index in [-0.39, 0.29) is 30.5 Å². The fourth-order valence-corrected chi connectivity index (χ4v) is 3.75. The molecule has 0 aromatic rings. The molecule has 0 aliphatic carbocycles. The number of fused-ring (bicyclic) bond motifs is 1. The monoisotopic (exact) mass is 387 g/mol. The maximum Gasteiger partial charge on any atom is 0.407 e. The van der Waals surface area contributed by atoms with Crippen LogP contribution in [0.15, 0.2) is 0 Å². The standard InChI is InChI=1S/C19H33NO7/c1-17(2,3)27-16(21)20-9-8-11-14-15(26-19(6,7)25-14)13(23-11)12-10-22-18(4,5)24-12/h11-15H,8-10H2,1-7H3,(H,20,21)/t11-,12-,13-,14-,15+/m1/s1. The molecule has 1 amide bonds. The second-order valence-electron chi connectivity index (χ2n) is 9.29. The van der Waals surface area contributed by atoms with Crippen LogP contribution in [0.25, 0.3) is 0 Å². The third-order valence-electron chi connectivity index (χ3n) is 4.68. The van der Waals surface area contributed by atoms with E-state index in [1.165, 1.54) is 0 Å². The fourth-order valence-electron chi connectivity index (χ4n) is 3.75. The average molecular weight is 387 g/mol. The molecule has 3 fully saturated rings. The third kappa shape index (κ3) is 5.12. The van der Waals surface area contributed by atoms with E-state index in [4.69, 9.17) is 28.4 Å². The minimum atomic E-state index is -0.677. The molecule has 8 nitrogen and oxygen atoms in total. The summed E-state index contributed by atoms with van der Waals surface area (Å²) in [7, 11) is 0. The molecule has 3 heterocycles. The van der Waals surface area contributed by atoms with Crippen LogP contribution in [0.3, 0.4) is 0 Å². The van der Waals surface area contributed by atoms with Crippen molar-refractivity contribution < 1.29 is 33.2 Å².